The maximum atomic E-state index is 9.41. The number of hydrogen-bond acceptors (Lipinski definition) is 4. The molecule has 0 radical (unpaired) electrons. The molecule has 14 heavy (non-hydrogen) atoms. The number of ether oxygens (including phenoxy) is 1. The molecule has 0 spiro atoms. The summed E-state index contributed by atoms with van der Waals surface area (Å²) in [6.07, 6.45) is 0.622. The van der Waals surface area contributed by atoms with Crippen molar-refractivity contribution in [2.75, 3.05) is 32.8 Å². The normalized spacial score (nSPS) is 13.5. The third kappa shape index (κ3) is 9.92. The molecule has 0 aromatic heterocycles. The quantitative estimate of drug-likeness (QED) is 0.461. The van der Waals surface area contributed by atoms with E-state index in [0.717, 1.165) is 19.6 Å². The van der Waals surface area contributed by atoms with Gasteiger partial charge in [-0.05, 0) is 12.3 Å². The lowest BCUT2D eigenvalue weighted by atomic mass is 10.1. The van der Waals surface area contributed by atoms with Gasteiger partial charge in [-0.15, -0.1) is 0 Å². The highest BCUT2D eigenvalue weighted by Gasteiger charge is 2.03. The van der Waals surface area contributed by atoms with E-state index in [-0.39, 0.29) is 0 Å². The van der Waals surface area contributed by atoms with Gasteiger partial charge in [0.25, 0.3) is 0 Å². The summed E-state index contributed by atoms with van der Waals surface area (Å²) in [5, 5.41) is 12.4. The maximum absolute atomic E-state index is 9.41. The van der Waals surface area contributed by atoms with Crippen molar-refractivity contribution in [2.45, 2.75) is 26.4 Å². The minimum Gasteiger partial charge on any atom is -0.389 e. The molecule has 0 aliphatic heterocycles. The second-order valence-corrected chi connectivity index (χ2v) is 3.90. The molecule has 0 heterocycles. The Hall–Kier alpha value is -0.160. The van der Waals surface area contributed by atoms with Crippen LogP contribution < -0.4 is 11.1 Å². The third-order valence-corrected chi connectivity index (χ3v) is 1.85. The Bertz CT molecular complexity index is 121. The summed E-state index contributed by atoms with van der Waals surface area (Å²) >= 11 is 0. The molecule has 86 valence electrons. The molecule has 0 fully saturated rings. The van der Waals surface area contributed by atoms with Crippen molar-refractivity contribution in [2.24, 2.45) is 11.7 Å². The SMILES string of the molecule is CC(C)CCOC[C@H](O)CNCCN. The summed E-state index contributed by atoms with van der Waals surface area (Å²) in [5.41, 5.74) is 5.29. The largest absolute Gasteiger partial charge is 0.389 e. The number of nitrogens with one attached hydrogen (secondary N) is 1. The fraction of sp³-hybridized carbons (Fsp3) is 1.00. The van der Waals surface area contributed by atoms with E-state index in [1.54, 1.807) is 0 Å². The number of nitrogens with two attached hydrogens (primary N) is 1. The van der Waals surface area contributed by atoms with Crippen molar-refractivity contribution >= 4 is 0 Å². The van der Waals surface area contributed by atoms with Gasteiger partial charge in [0.1, 0.15) is 0 Å². The highest BCUT2D eigenvalue weighted by Crippen LogP contribution is 1.98. The molecule has 4 nitrogen and oxygen atoms in total. The monoisotopic (exact) mass is 204 g/mol. The van der Waals surface area contributed by atoms with Gasteiger partial charge in [-0.1, -0.05) is 13.8 Å². The van der Waals surface area contributed by atoms with Crippen LogP contribution in [0.1, 0.15) is 20.3 Å². The van der Waals surface area contributed by atoms with Crippen molar-refractivity contribution in [3.8, 4) is 0 Å². The fourth-order valence-corrected chi connectivity index (χ4v) is 0.968. The van der Waals surface area contributed by atoms with Gasteiger partial charge in [0.05, 0.1) is 12.7 Å². The van der Waals surface area contributed by atoms with E-state index < -0.39 is 6.10 Å². The first-order valence-corrected chi connectivity index (χ1v) is 5.33. The Balaban J connectivity index is 3.14. The molecular weight excluding hydrogens is 180 g/mol. The molecule has 0 amide bonds. The molecule has 0 aliphatic carbocycles. The summed E-state index contributed by atoms with van der Waals surface area (Å²) in [5.74, 6) is 0.655. The van der Waals surface area contributed by atoms with Crippen LogP contribution in [0.2, 0.25) is 0 Å². The zero-order valence-corrected chi connectivity index (χ0v) is 9.33. The Morgan fingerprint density at radius 1 is 1.43 bits per heavy atom. The minimum atomic E-state index is -0.422. The van der Waals surface area contributed by atoms with E-state index in [0.29, 0.717) is 25.6 Å². The molecule has 0 aromatic carbocycles. The summed E-state index contributed by atoms with van der Waals surface area (Å²) in [7, 11) is 0. The number of rotatable bonds is 9. The van der Waals surface area contributed by atoms with Gasteiger partial charge in [0.2, 0.25) is 0 Å². The summed E-state index contributed by atoms with van der Waals surface area (Å²) in [6.45, 7) is 7.34. The molecule has 0 aliphatic rings. The molecule has 4 N–H and O–H groups in total. The Labute approximate surface area is 86.8 Å². The van der Waals surface area contributed by atoms with E-state index in [1.807, 2.05) is 0 Å². The van der Waals surface area contributed by atoms with Crippen LogP contribution in [-0.4, -0.2) is 44.1 Å². The van der Waals surface area contributed by atoms with Gasteiger partial charge < -0.3 is 20.9 Å². The smallest absolute Gasteiger partial charge is 0.0897 e. The number of hydrogen-bond donors (Lipinski definition) is 3. The highest BCUT2D eigenvalue weighted by molar-refractivity contribution is 4.58. The average Bonchev–Trinajstić information content (AvgIpc) is 2.13. The van der Waals surface area contributed by atoms with Crippen molar-refractivity contribution in [3.05, 3.63) is 0 Å². The second-order valence-electron chi connectivity index (χ2n) is 3.90. The van der Waals surface area contributed by atoms with Crippen LogP contribution in [0.5, 0.6) is 0 Å². The molecule has 1 atom stereocenters. The van der Waals surface area contributed by atoms with Crippen LogP contribution in [0.25, 0.3) is 0 Å². The van der Waals surface area contributed by atoms with Gasteiger partial charge in [0, 0.05) is 26.2 Å². The van der Waals surface area contributed by atoms with Gasteiger partial charge in [-0.25, -0.2) is 0 Å². The lowest BCUT2D eigenvalue weighted by molar-refractivity contribution is 0.0331. The Morgan fingerprint density at radius 3 is 2.71 bits per heavy atom. The number of aliphatic hydroxyl groups excluding tert-OH is 1. The first kappa shape index (κ1) is 13.8. The van der Waals surface area contributed by atoms with Gasteiger partial charge in [-0.3, -0.25) is 0 Å². The molecule has 0 saturated heterocycles. The van der Waals surface area contributed by atoms with E-state index >= 15 is 0 Å². The maximum Gasteiger partial charge on any atom is 0.0897 e. The van der Waals surface area contributed by atoms with Gasteiger partial charge in [-0.2, -0.15) is 0 Å². The first-order chi connectivity index (χ1) is 6.66. The van der Waals surface area contributed by atoms with Gasteiger partial charge in [0.15, 0.2) is 0 Å². The summed E-state index contributed by atoms with van der Waals surface area (Å²) in [6, 6.07) is 0. The van der Waals surface area contributed by atoms with E-state index in [4.69, 9.17) is 10.5 Å². The van der Waals surface area contributed by atoms with Crippen LogP contribution in [0.3, 0.4) is 0 Å². The third-order valence-electron chi connectivity index (χ3n) is 1.85. The fourth-order valence-electron chi connectivity index (χ4n) is 0.968. The molecule has 0 unspecified atom stereocenters. The summed E-state index contributed by atoms with van der Waals surface area (Å²) in [4.78, 5) is 0. The average molecular weight is 204 g/mol. The van der Waals surface area contributed by atoms with Crippen molar-refractivity contribution < 1.29 is 9.84 Å². The first-order valence-electron chi connectivity index (χ1n) is 5.33. The number of aliphatic hydroxyl groups is 1. The predicted molar refractivity (Wildman–Crippen MR) is 58.2 cm³/mol. The molecule has 0 saturated carbocycles. The van der Waals surface area contributed by atoms with Crippen LogP contribution in [0.15, 0.2) is 0 Å². The van der Waals surface area contributed by atoms with E-state index in [1.165, 1.54) is 0 Å². The zero-order chi connectivity index (χ0) is 10.8. The van der Waals surface area contributed by atoms with Crippen LogP contribution >= 0.6 is 0 Å². The second kappa shape index (κ2) is 9.40. The van der Waals surface area contributed by atoms with Crippen molar-refractivity contribution in [1.82, 2.24) is 5.32 Å². The Morgan fingerprint density at radius 2 is 2.14 bits per heavy atom. The molecule has 4 heteroatoms. The predicted octanol–water partition coefficient (Wildman–Crippen LogP) is -0.0417. The molecular formula is C10H24N2O2. The van der Waals surface area contributed by atoms with E-state index in [2.05, 4.69) is 19.2 Å². The molecule has 0 rings (SSSR count). The van der Waals surface area contributed by atoms with Crippen molar-refractivity contribution in [1.29, 1.82) is 0 Å². The molecule has 0 aromatic rings. The highest BCUT2D eigenvalue weighted by atomic mass is 16.5. The standard InChI is InChI=1S/C10H24N2O2/c1-9(2)3-6-14-8-10(13)7-12-5-4-11/h9-10,12-13H,3-8,11H2,1-2H3/t10-/m1/s1. The van der Waals surface area contributed by atoms with Crippen molar-refractivity contribution in [3.63, 3.8) is 0 Å². The zero-order valence-electron chi connectivity index (χ0n) is 9.33. The van der Waals surface area contributed by atoms with E-state index in [9.17, 15) is 5.11 Å². The van der Waals surface area contributed by atoms with Crippen LogP contribution in [0.4, 0.5) is 0 Å². The van der Waals surface area contributed by atoms with Crippen LogP contribution in [-0.2, 0) is 4.74 Å². The van der Waals surface area contributed by atoms with Gasteiger partial charge >= 0.3 is 0 Å². The van der Waals surface area contributed by atoms with Crippen LogP contribution in [0, 0.1) is 5.92 Å². The molecule has 0 bridgehead atoms. The lowest BCUT2D eigenvalue weighted by Crippen LogP contribution is -2.33. The lowest BCUT2D eigenvalue weighted by Gasteiger charge is -2.12. The Kier molecular flexibility index (Phi) is 9.29. The summed E-state index contributed by atoms with van der Waals surface area (Å²) < 4.78 is 5.32. The topological polar surface area (TPSA) is 67.5 Å². The minimum absolute atomic E-state index is 0.407.